The number of aliphatic hydroxyl groups is 1. The topological polar surface area (TPSA) is 58.6 Å². The SMILES string of the molecule is O=C1O[C@@](c2ccsc2)(c2cccc(Nc3ccc(F)cc3)c2)CC(O)=C1Sc1ccccc1Cl. The highest BCUT2D eigenvalue weighted by atomic mass is 35.5. The van der Waals surface area contributed by atoms with Gasteiger partial charge in [-0.25, -0.2) is 9.18 Å². The van der Waals surface area contributed by atoms with Gasteiger partial charge in [0.05, 0.1) is 11.4 Å². The van der Waals surface area contributed by atoms with Crippen LogP contribution >= 0.6 is 34.7 Å². The lowest BCUT2D eigenvalue weighted by atomic mass is 9.82. The molecule has 2 N–H and O–H groups in total. The lowest BCUT2D eigenvalue weighted by Crippen LogP contribution is -2.38. The first kappa shape index (κ1) is 23.5. The molecule has 0 spiro atoms. The molecule has 0 bridgehead atoms. The Balaban J connectivity index is 1.52. The molecule has 176 valence electrons. The van der Waals surface area contributed by atoms with E-state index in [-0.39, 0.29) is 22.9 Å². The third-order valence-corrected chi connectivity index (χ3v) is 7.94. The molecule has 8 heteroatoms. The van der Waals surface area contributed by atoms with Crippen molar-refractivity contribution >= 4 is 52.0 Å². The van der Waals surface area contributed by atoms with E-state index in [1.165, 1.54) is 23.5 Å². The third kappa shape index (κ3) is 4.80. The number of thiophene rings is 1. The van der Waals surface area contributed by atoms with Crippen molar-refractivity contribution in [1.82, 2.24) is 0 Å². The smallest absolute Gasteiger partial charge is 0.349 e. The van der Waals surface area contributed by atoms with Gasteiger partial charge in [0.1, 0.15) is 16.5 Å². The van der Waals surface area contributed by atoms with E-state index in [9.17, 15) is 14.3 Å². The van der Waals surface area contributed by atoms with E-state index in [0.717, 1.165) is 28.7 Å². The van der Waals surface area contributed by atoms with Gasteiger partial charge in [-0.3, -0.25) is 0 Å². The number of benzene rings is 3. The van der Waals surface area contributed by atoms with Crippen LogP contribution in [-0.2, 0) is 15.1 Å². The van der Waals surface area contributed by atoms with E-state index in [1.807, 2.05) is 47.2 Å². The summed E-state index contributed by atoms with van der Waals surface area (Å²) in [5, 5.41) is 18.6. The van der Waals surface area contributed by atoms with E-state index < -0.39 is 11.6 Å². The number of esters is 1. The molecule has 0 radical (unpaired) electrons. The van der Waals surface area contributed by atoms with Gasteiger partial charge in [0.25, 0.3) is 0 Å². The summed E-state index contributed by atoms with van der Waals surface area (Å²) in [5.74, 6) is -1.00. The zero-order chi connectivity index (χ0) is 24.4. The molecule has 35 heavy (non-hydrogen) atoms. The van der Waals surface area contributed by atoms with Gasteiger partial charge < -0.3 is 15.2 Å². The van der Waals surface area contributed by atoms with Crippen molar-refractivity contribution in [2.45, 2.75) is 16.9 Å². The van der Waals surface area contributed by atoms with Crippen LogP contribution in [0.25, 0.3) is 0 Å². The Morgan fingerprint density at radius 1 is 1.00 bits per heavy atom. The molecule has 0 saturated carbocycles. The molecule has 0 unspecified atom stereocenters. The van der Waals surface area contributed by atoms with E-state index in [0.29, 0.717) is 15.5 Å². The Morgan fingerprint density at radius 3 is 2.51 bits per heavy atom. The predicted molar refractivity (Wildman–Crippen MR) is 139 cm³/mol. The molecule has 1 atom stereocenters. The van der Waals surface area contributed by atoms with Crippen molar-refractivity contribution in [2.24, 2.45) is 0 Å². The van der Waals surface area contributed by atoms with Crippen LogP contribution in [0.3, 0.4) is 0 Å². The first-order chi connectivity index (χ1) is 16.9. The first-order valence-corrected chi connectivity index (χ1v) is 12.8. The summed E-state index contributed by atoms with van der Waals surface area (Å²) >= 11 is 8.83. The van der Waals surface area contributed by atoms with Crippen LogP contribution in [0.15, 0.2) is 105 Å². The highest BCUT2D eigenvalue weighted by molar-refractivity contribution is 8.04. The number of aliphatic hydroxyl groups excluding tert-OH is 1. The van der Waals surface area contributed by atoms with Gasteiger partial charge in [-0.15, -0.1) is 0 Å². The molecule has 1 aliphatic heterocycles. The molecule has 2 heterocycles. The molecule has 1 aromatic heterocycles. The van der Waals surface area contributed by atoms with Crippen LogP contribution in [-0.4, -0.2) is 11.1 Å². The van der Waals surface area contributed by atoms with Crippen molar-refractivity contribution in [3.63, 3.8) is 0 Å². The monoisotopic (exact) mass is 523 g/mol. The van der Waals surface area contributed by atoms with Gasteiger partial charge in [-0.05, 0) is 65.4 Å². The maximum Gasteiger partial charge on any atom is 0.349 e. The number of ether oxygens (including phenoxy) is 1. The minimum atomic E-state index is -1.20. The maximum absolute atomic E-state index is 13.3. The Bertz CT molecular complexity index is 1410. The molecule has 3 aromatic carbocycles. The van der Waals surface area contributed by atoms with Crippen molar-refractivity contribution in [3.05, 3.63) is 122 Å². The lowest BCUT2D eigenvalue weighted by Gasteiger charge is -2.37. The Labute approximate surface area is 215 Å². The summed E-state index contributed by atoms with van der Waals surface area (Å²) in [4.78, 5) is 14.0. The number of rotatable bonds is 6. The predicted octanol–water partition coefficient (Wildman–Crippen LogP) is 8.04. The largest absolute Gasteiger partial charge is 0.511 e. The molecule has 1 aliphatic rings. The van der Waals surface area contributed by atoms with Crippen molar-refractivity contribution in [2.75, 3.05) is 5.32 Å². The second-order valence-electron chi connectivity index (χ2n) is 7.93. The molecule has 0 fully saturated rings. The fraction of sp³-hybridized carbons (Fsp3) is 0.0741. The fourth-order valence-electron chi connectivity index (χ4n) is 3.94. The number of nitrogens with one attached hydrogen (secondary N) is 1. The standard InChI is InChI=1S/C27H19ClFNO3S2/c28-22-6-1-2-7-24(22)35-25-23(31)15-27(33-26(25)32,18-12-13-34-16-18)17-4-3-5-21(14-17)30-20-10-8-19(29)9-11-20/h1-14,16,30-31H,15H2/t27-/m1/s1. The highest BCUT2D eigenvalue weighted by Crippen LogP contribution is 2.48. The molecule has 0 saturated heterocycles. The normalized spacial score (nSPS) is 17.8. The first-order valence-electron chi connectivity index (χ1n) is 10.7. The summed E-state index contributed by atoms with van der Waals surface area (Å²) in [5.41, 5.74) is 1.72. The highest BCUT2D eigenvalue weighted by Gasteiger charge is 2.45. The number of halogens is 2. The number of carbonyl (C=O) groups excluding carboxylic acids is 1. The average molecular weight is 524 g/mol. The maximum atomic E-state index is 13.3. The van der Waals surface area contributed by atoms with Gasteiger partial charge in [0, 0.05) is 27.4 Å². The number of anilines is 2. The minimum Gasteiger partial charge on any atom is -0.511 e. The lowest BCUT2D eigenvalue weighted by molar-refractivity contribution is -0.154. The van der Waals surface area contributed by atoms with Crippen molar-refractivity contribution in [1.29, 1.82) is 0 Å². The zero-order valence-corrected chi connectivity index (χ0v) is 20.6. The van der Waals surface area contributed by atoms with E-state index >= 15 is 0 Å². The van der Waals surface area contributed by atoms with Gasteiger partial charge in [-0.1, -0.05) is 47.6 Å². The zero-order valence-electron chi connectivity index (χ0n) is 18.2. The molecule has 5 rings (SSSR count). The van der Waals surface area contributed by atoms with Crippen LogP contribution in [0.2, 0.25) is 5.02 Å². The van der Waals surface area contributed by atoms with E-state index in [4.69, 9.17) is 16.3 Å². The van der Waals surface area contributed by atoms with Crippen LogP contribution in [0.1, 0.15) is 17.5 Å². The summed E-state index contributed by atoms with van der Waals surface area (Å²) in [7, 11) is 0. The molecule has 0 amide bonds. The number of thioether (sulfide) groups is 1. The van der Waals surface area contributed by atoms with E-state index in [2.05, 4.69) is 5.32 Å². The van der Waals surface area contributed by atoms with Crippen LogP contribution in [0.5, 0.6) is 0 Å². The van der Waals surface area contributed by atoms with Gasteiger partial charge in [-0.2, -0.15) is 11.3 Å². The average Bonchev–Trinajstić information content (AvgIpc) is 3.40. The van der Waals surface area contributed by atoms with Crippen molar-refractivity contribution in [3.8, 4) is 0 Å². The molecule has 4 nitrogen and oxygen atoms in total. The van der Waals surface area contributed by atoms with Crippen molar-refractivity contribution < 1.29 is 19.0 Å². The number of carbonyl (C=O) groups is 1. The number of hydrogen-bond donors (Lipinski definition) is 2. The van der Waals surface area contributed by atoms with Gasteiger partial charge >= 0.3 is 5.97 Å². The molecule has 4 aromatic rings. The van der Waals surface area contributed by atoms with Gasteiger partial charge in [0.2, 0.25) is 0 Å². The Morgan fingerprint density at radius 2 is 1.80 bits per heavy atom. The summed E-state index contributed by atoms with van der Waals surface area (Å²) < 4.78 is 19.4. The number of cyclic esters (lactones) is 1. The van der Waals surface area contributed by atoms with Crippen LogP contribution in [0, 0.1) is 5.82 Å². The quantitative estimate of drug-likeness (QED) is 0.250. The van der Waals surface area contributed by atoms with Gasteiger partial charge in [0.15, 0.2) is 5.60 Å². The number of hydrogen-bond acceptors (Lipinski definition) is 6. The Hall–Kier alpha value is -3.26. The summed E-state index contributed by atoms with van der Waals surface area (Å²) in [6.45, 7) is 0. The molecular weight excluding hydrogens is 505 g/mol. The second kappa shape index (κ2) is 9.77. The minimum absolute atomic E-state index is 0.0609. The fourth-order valence-corrected chi connectivity index (χ4v) is 5.76. The van der Waals surface area contributed by atoms with Crippen LogP contribution < -0.4 is 5.32 Å². The molecular formula is C27H19ClFNO3S2. The Kier molecular flexibility index (Phi) is 6.56. The molecule has 0 aliphatic carbocycles. The summed E-state index contributed by atoms with van der Waals surface area (Å²) in [6.07, 6.45) is 0.0717. The third-order valence-electron chi connectivity index (χ3n) is 5.63. The van der Waals surface area contributed by atoms with Crippen LogP contribution in [0.4, 0.5) is 15.8 Å². The summed E-state index contributed by atoms with van der Waals surface area (Å²) in [6, 6.07) is 22.5. The second-order valence-corrected chi connectivity index (χ2v) is 10.2. The van der Waals surface area contributed by atoms with E-state index in [1.54, 1.807) is 30.3 Å².